The van der Waals surface area contributed by atoms with Crippen LogP contribution in [0.5, 0.6) is 0 Å². The molecule has 0 amide bonds. The lowest BCUT2D eigenvalue weighted by atomic mass is 9.94. The molecule has 2 rings (SSSR count). The maximum Gasteiger partial charge on any atom is 0.127 e. The summed E-state index contributed by atoms with van der Waals surface area (Å²) in [7, 11) is 1.90. The van der Waals surface area contributed by atoms with Gasteiger partial charge in [-0.3, -0.25) is 4.90 Å². The number of ether oxygens (including phenoxy) is 1. The van der Waals surface area contributed by atoms with E-state index in [-0.39, 0.29) is 5.82 Å². The molecule has 0 saturated carbocycles. The molecule has 0 spiro atoms. The second-order valence-electron chi connectivity index (χ2n) is 5.10. The lowest BCUT2D eigenvalue weighted by Crippen LogP contribution is -2.45. The van der Waals surface area contributed by atoms with E-state index in [1.807, 2.05) is 18.0 Å². The average Bonchev–Trinajstić information content (AvgIpc) is 2.32. The third kappa shape index (κ3) is 3.51. The quantitative estimate of drug-likeness (QED) is 0.888. The van der Waals surface area contributed by atoms with Crippen molar-refractivity contribution in [3.63, 3.8) is 0 Å². The molecular formula is C14H20FNO2. The maximum atomic E-state index is 13.5. The van der Waals surface area contributed by atoms with Crippen LogP contribution in [0.25, 0.3) is 0 Å². The summed E-state index contributed by atoms with van der Waals surface area (Å²) in [5, 5.41) is 10.4. The summed E-state index contributed by atoms with van der Waals surface area (Å²) < 4.78 is 18.8. The first-order valence-corrected chi connectivity index (χ1v) is 6.31. The molecule has 18 heavy (non-hydrogen) atoms. The van der Waals surface area contributed by atoms with Crippen molar-refractivity contribution in [1.29, 1.82) is 0 Å². The average molecular weight is 253 g/mol. The van der Waals surface area contributed by atoms with Crippen molar-refractivity contribution in [3.8, 4) is 0 Å². The predicted molar refractivity (Wildman–Crippen MR) is 67.7 cm³/mol. The predicted octanol–water partition coefficient (Wildman–Crippen LogP) is 1.80. The van der Waals surface area contributed by atoms with Crippen LogP contribution in [-0.4, -0.2) is 42.4 Å². The van der Waals surface area contributed by atoms with Gasteiger partial charge in [-0.25, -0.2) is 4.39 Å². The summed E-state index contributed by atoms with van der Waals surface area (Å²) in [5.74, 6) is -0.191. The Morgan fingerprint density at radius 3 is 2.67 bits per heavy atom. The lowest BCUT2D eigenvalue weighted by molar-refractivity contribution is -0.0778. The van der Waals surface area contributed by atoms with Crippen LogP contribution in [0.4, 0.5) is 4.39 Å². The highest BCUT2D eigenvalue weighted by atomic mass is 19.1. The van der Waals surface area contributed by atoms with Crippen molar-refractivity contribution in [1.82, 2.24) is 4.90 Å². The van der Waals surface area contributed by atoms with Gasteiger partial charge in [0.1, 0.15) is 5.82 Å². The monoisotopic (exact) mass is 253 g/mol. The molecule has 0 radical (unpaired) electrons. The highest BCUT2D eigenvalue weighted by Gasteiger charge is 2.31. The van der Waals surface area contributed by atoms with E-state index in [0.29, 0.717) is 44.7 Å². The third-order valence-corrected chi connectivity index (χ3v) is 3.39. The van der Waals surface area contributed by atoms with Gasteiger partial charge >= 0.3 is 0 Å². The second-order valence-corrected chi connectivity index (χ2v) is 5.10. The number of hydrogen-bond acceptors (Lipinski definition) is 3. The second kappa shape index (κ2) is 5.78. The van der Waals surface area contributed by atoms with Crippen LogP contribution in [0.1, 0.15) is 18.4 Å². The van der Waals surface area contributed by atoms with Gasteiger partial charge in [-0.1, -0.05) is 18.2 Å². The minimum atomic E-state index is -0.696. The fourth-order valence-electron chi connectivity index (χ4n) is 2.39. The summed E-state index contributed by atoms with van der Waals surface area (Å²) in [5.41, 5.74) is -0.0335. The smallest absolute Gasteiger partial charge is 0.127 e. The normalized spacial score (nSPS) is 19.1. The molecular weight excluding hydrogens is 233 g/mol. The number of nitrogens with zero attached hydrogens (tertiary/aromatic N) is 1. The van der Waals surface area contributed by atoms with Crippen molar-refractivity contribution in [2.24, 2.45) is 0 Å². The van der Waals surface area contributed by atoms with Gasteiger partial charge in [0.25, 0.3) is 0 Å². The molecule has 3 nitrogen and oxygen atoms in total. The molecule has 1 aliphatic rings. The van der Waals surface area contributed by atoms with E-state index in [1.165, 1.54) is 6.07 Å². The van der Waals surface area contributed by atoms with Crippen LogP contribution in [-0.2, 0) is 11.3 Å². The van der Waals surface area contributed by atoms with Gasteiger partial charge in [-0.15, -0.1) is 0 Å². The third-order valence-electron chi connectivity index (χ3n) is 3.39. The summed E-state index contributed by atoms with van der Waals surface area (Å²) in [6.45, 7) is 2.26. The summed E-state index contributed by atoms with van der Waals surface area (Å²) in [4.78, 5) is 1.96. The van der Waals surface area contributed by atoms with Gasteiger partial charge in [0.2, 0.25) is 0 Å². The number of halogens is 1. The van der Waals surface area contributed by atoms with Gasteiger partial charge in [-0.05, 0) is 13.1 Å². The molecule has 1 aromatic rings. The van der Waals surface area contributed by atoms with E-state index in [2.05, 4.69) is 0 Å². The van der Waals surface area contributed by atoms with Gasteiger partial charge in [-0.2, -0.15) is 0 Å². The van der Waals surface area contributed by atoms with Gasteiger partial charge in [0, 0.05) is 44.7 Å². The zero-order chi connectivity index (χ0) is 13.0. The zero-order valence-corrected chi connectivity index (χ0v) is 10.7. The standard InChI is InChI=1S/C14H20FNO2/c1-16(10-12-4-2-3-5-13(12)15)11-14(17)6-8-18-9-7-14/h2-5,17H,6-11H2,1H3. The Balaban J connectivity index is 1.92. The minimum Gasteiger partial charge on any atom is -0.388 e. The van der Waals surface area contributed by atoms with E-state index in [4.69, 9.17) is 4.74 Å². The van der Waals surface area contributed by atoms with Crippen LogP contribution in [0, 0.1) is 5.82 Å². The molecule has 0 aliphatic carbocycles. The Morgan fingerprint density at radius 2 is 2.00 bits per heavy atom. The number of likely N-dealkylation sites (N-methyl/N-ethyl adjacent to an activating group) is 1. The van der Waals surface area contributed by atoms with E-state index < -0.39 is 5.60 Å². The molecule has 1 aromatic carbocycles. The molecule has 1 fully saturated rings. The van der Waals surface area contributed by atoms with E-state index in [0.717, 1.165) is 0 Å². The molecule has 0 aromatic heterocycles. The first-order chi connectivity index (χ1) is 8.59. The molecule has 0 unspecified atom stereocenters. The van der Waals surface area contributed by atoms with Gasteiger partial charge in [0.15, 0.2) is 0 Å². The van der Waals surface area contributed by atoms with E-state index >= 15 is 0 Å². The van der Waals surface area contributed by atoms with Crippen molar-refractivity contribution in [3.05, 3.63) is 35.6 Å². The van der Waals surface area contributed by atoms with Crippen molar-refractivity contribution in [2.45, 2.75) is 25.0 Å². The lowest BCUT2D eigenvalue weighted by Gasteiger charge is -2.35. The SMILES string of the molecule is CN(Cc1ccccc1F)CC1(O)CCOCC1. The summed E-state index contributed by atoms with van der Waals surface area (Å²) in [6, 6.07) is 6.76. The number of rotatable bonds is 4. The summed E-state index contributed by atoms with van der Waals surface area (Å²) >= 11 is 0. The van der Waals surface area contributed by atoms with Crippen LogP contribution in [0.2, 0.25) is 0 Å². The van der Waals surface area contributed by atoms with Crippen LogP contribution < -0.4 is 0 Å². The number of aliphatic hydroxyl groups is 1. The van der Waals surface area contributed by atoms with E-state index in [1.54, 1.807) is 12.1 Å². The van der Waals surface area contributed by atoms with Crippen molar-refractivity contribution >= 4 is 0 Å². The maximum absolute atomic E-state index is 13.5. The van der Waals surface area contributed by atoms with Crippen molar-refractivity contribution in [2.75, 3.05) is 26.8 Å². The van der Waals surface area contributed by atoms with Gasteiger partial charge < -0.3 is 9.84 Å². The largest absolute Gasteiger partial charge is 0.388 e. The topological polar surface area (TPSA) is 32.7 Å². The number of benzene rings is 1. The van der Waals surface area contributed by atoms with Crippen LogP contribution in [0.15, 0.2) is 24.3 Å². The molecule has 1 saturated heterocycles. The van der Waals surface area contributed by atoms with Gasteiger partial charge in [0.05, 0.1) is 5.60 Å². The molecule has 1 heterocycles. The zero-order valence-electron chi connectivity index (χ0n) is 10.7. The fraction of sp³-hybridized carbons (Fsp3) is 0.571. The molecule has 0 atom stereocenters. The first-order valence-electron chi connectivity index (χ1n) is 6.31. The highest BCUT2D eigenvalue weighted by Crippen LogP contribution is 2.22. The Labute approximate surface area is 107 Å². The molecule has 0 bridgehead atoms. The van der Waals surface area contributed by atoms with E-state index in [9.17, 15) is 9.50 Å². The first kappa shape index (κ1) is 13.5. The highest BCUT2D eigenvalue weighted by molar-refractivity contribution is 5.17. The van der Waals surface area contributed by atoms with Crippen LogP contribution >= 0.6 is 0 Å². The Kier molecular flexibility index (Phi) is 4.32. The Bertz CT molecular complexity index is 391. The van der Waals surface area contributed by atoms with Crippen molar-refractivity contribution < 1.29 is 14.2 Å². The molecule has 100 valence electrons. The summed E-state index contributed by atoms with van der Waals surface area (Å²) in [6.07, 6.45) is 1.29. The Morgan fingerprint density at radius 1 is 1.33 bits per heavy atom. The minimum absolute atomic E-state index is 0.191. The van der Waals surface area contributed by atoms with Crippen LogP contribution in [0.3, 0.4) is 0 Å². The Hall–Kier alpha value is -0.970. The number of hydrogen-bond donors (Lipinski definition) is 1. The molecule has 4 heteroatoms. The fourth-order valence-corrected chi connectivity index (χ4v) is 2.39. The molecule has 1 N–H and O–H groups in total. The molecule has 1 aliphatic heterocycles.